The third kappa shape index (κ3) is 4.89. The van der Waals surface area contributed by atoms with Crippen LogP contribution in [0, 0.1) is 5.82 Å². The molecule has 0 saturated heterocycles. The van der Waals surface area contributed by atoms with Crippen LogP contribution in [-0.2, 0) is 16.6 Å². The lowest BCUT2D eigenvalue weighted by Gasteiger charge is -2.09. The van der Waals surface area contributed by atoms with E-state index in [1.807, 2.05) is 0 Å². The Labute approximate surface area is 114 Å². The van der Waals surface area contributed by atoms with Gasteiger partial charge in [-0.05, 0) is 24.1 Å². The Morgan fingerprint density at radius 1 is 1.26 bits per heavy atom. The van der Waals surface area contributed by atoms with E-state index in [0.29, 0.717) is 12.1 Å². The molecule has 0 amide bonds. The average Bonchev–Trinajstić information content (AvgIpc) is 2.39. The smallest absolute Gasteiger partial charge is 0.243 e. The summed E-state index contributed by atoms with van der Waals surface area (Å²) in [6.45, 7) is 2.59. The molecule has 0 aliphatic carbocycles. The molecule has 6 heteroatoms. The summed E-state index contributed by atoms with van der Waals surface area (Å²) in [6.07, 6.45) is 3.87. The van der Waals surface area contributed by atoms with Gasteiger partial charge in [0.1, 0.15) is 10.7 Å². The van der Waals surface area contributed by atoms with E-state index in [2.05, 4.69) is 11.6 Å². The summed E-state index contributed by atoms with van der Waals surface area (Å²) < 4.78 is 39.9. The molecule has 1 rings (SSSR count). The molecule has 1 aromatic carbocycles. The SMILES string of the molecule is CCCCCCNS(=O)(=O)c1cc(CN)ccc1F. The minimum absolute atomic E-state index is 0.180. The van der Waals surface area contributed by atoms with Gasteiger partial charge in [0, 0.05) is 13.1 Å². The predicted molar refractivity (Wildman–Crippen MR) is 73.6 cm³/mol. The van der Waals surface area contributed by atoms with Gasteiger partial charge in [0.25, 0.3) is 0 Å². The molecule has 0 heterocycles. The van der Waals surface area contributed by atoms with E-state index in [1.165, 1.54) is 12.1 Å². The van der Waals surface area contributed by atoms with E-state index in [1.54, 1.807) is 0 Å². The topological polar surface area (TPSA) is 72.2 Å². The zero-order valence-electron chi connectivity index (χ0n) is 11.2. The quantitative estimate of drug-likeness (QED) is 0.720. The fraction of sp³-hybridized carbons (Fsp3) is 0.538. The molecule has 0 bridgehead atoms. The van der Waals surface area contributed by atoms with Gasteiger partial charge in [-0.2, -0.15) is 0 Å². The number of nitrogens with two attached hydrogens (primary N) is 1. The van der Waals surface area contributed by atoms with E-state index < -0.39 is 15.8 Å². The molecule has 19 heavy (non-hydrogen) atoms. The third-order valence-corrected chi connectivity index (χ3v) is 4.32. The number of benzene rings is 1. The lowest BCUT2D eigenvalue weighted by molar-refractivity contribution is 0.552. The molecule has 4 nitrogen and oxygen atoms in total. The van der Waals surface area contributed by atoms with Crippen molar-refractivity contribution in [2.45, 2.75) is 44.0 Å². The Morgan fingerprint density at radius 3 is 2.63 bits per heavy atom. The van der Waals surface area contributed by atoms with Crippen LogP contribution in [0.2, 0.25) is 0 Å². The number of hydrogen-bond acceptors (Lipinski definition) is 3. The van der Waals surface area contributed by atoms with Crippen molar-refractivity contribution in [2.24, 2.45) is 5.73 Å². The molecule has 0 fully saturated rings. The van der Waals surface area contributed by atoms with Crippen molar-refractivity contribution >= 4 is 10.0 Å². The van der Waals surface area contributed by atoms with E-state index in [-0.39, 0.29) is 11.4 Å². The largest absolute Gasteiger partial charge is 0.326 e. The summed E-state index contributed by atoms with van der Waals surface area (Å²) >= 11 is 0. The van der Waals surface area contributed by atoms with Crippen molar-refractivity contribution in [2.75, 3.05) is 6.54 Å². The normalized spacial score (nSPS) is 11.7. The standard InChI is InChI=1S/C13H21FN2O2S/c1-2-3-4-5-8-16-19(17,18)13-9-11(10-15)6-7-12(13)14/h6-7,9,16H,2-5,8,10,15H2,1H3. The van der Waals surface area contributed by atoms with Gasteiger partial charge in [0.15, 0.2) is 0 Å². The molecule has 0 radical (unpaired) electrons. The van der Waals surface area contributed by atoms with Crippen molar-refractivity contribution in [3.8, 4) is 0 Å². The zero-order chi connectivity index (χ0) is 14.3. The second-order valence-corrected chi connectivity index (χ2v) is 6.16. The summed E-state index contributed by atoms with van der Waals surface area (Å²) in [7, 11) is -3.79. The van der Waals surface area contributed by atoms with Crippen molar-refractivity contribution in [3.05, 3.63) is 29.6 Å². The van der Waals surface area contributed by atoms with Gasteiger partial charge < -0.3 is 5.73 Å². The lowest BCUT2D eigenvalue weighted by Crippen LogP contribution is -2.26. The Hall–Kier alpha value is -0.980. The van der Waals surface area contributed by atoms with Crippen LogP contribution in [0.15, 0.2) is 23.1 Å². The number of halogens is 1. The predicted octanol–water partition coefficient (Wildman–Crippen LogP) is 2.14. The fourth-order valence-corrected chi connectivity index (χ4v) is 2.92. The van der Waals surface area contributed by atoms with Gasteiger partial charge in [-0.25, -0.2) is 17.5 Å². The number of sulfonamides is 1. The highest BCUT2D eigenvalue weighted by Gasteiger charge is 2.18. The van der Waals surface area contributed by atoms with E-state index in [4.69, 9.17) is 5.73 Å². The second kappa shape index (κ2) is 7.57. The maximum absolute atomic E-state index is 13.6. The van der Waals surface area contributed by atoms with Crippen LogP contribution in [-0.4, -0.2) is 15.0 Å². The number of unbranched alkanes of at least 4 members (excludes halogenated alkanes) is 3. The first-order valence-electron chi connectivity index (χ1n) is 6.49. The molecule has 0 spiro atoms. The Balaban J connectivity index is 2.71. The molecule has 0 aliphatic heterocycles. The van der Waals surface area contributed by atoms with Crippen molar-refractivity contribution in [1.82, 2.24) is 4.72 Å². The van der Waals surface area contributed by atoms with Crippen LogP contribution in [0.1, 0.15) is 38.2 Å². The van der Waals surface area contributed by atoms with Gasteiger partial charge in [-0.3, -0.25) is 0 Å². The van der Waals surface area contributed by atoms with Gasteiger partial charge >= 0.3 is 0 Å². The highest BCUT2D eigenvalue weighted by molar-refractivity contribution is 7.89. The highest BCUT2D eigenvalue weighted by atomic mass is 32.2. The van der Waals surface area contributed by atoms with Crippen LogP contribution in [0.4, 0.5) is 4.39 Å². The number of nitrogens with one attached hydrogen (secondary N) is 1. The first-order chi connectivity index (χ1) is 9.01. The minimum Gasteiger partial charge on any atom is -0.326 e. The molecule has 3 N–H and O–H groups in total. The van der Waals surface area contributed by atoms with Crippen LogP contribution in [0.5, 0.6) is 0 Å². The maximum Gasteiger partial charge on any atom is 0.243 e. The molecular weight excluding hydrogens is 267 g/mol. The number of rotatable bonds is 8. The van der Waals surface area contributed by atoms with Gasteiger partial charge in [-0.15, -0.1) is 0 Å². The summed E-state index contributed by atoms with van der Waals surface area (Å²) in [5.41, 5.74) is 6.02. The zero-order valence-corrected chi connectivity index (χ0v) is 12.0. The number of hydrogen-bond donors (Lipinski definition) is 2. The summed E-state index contributed by atoms with van der Waals surface area (Å²) in [5, 5.41) is 0. The van der Waals surface area contributed by atoms with Crippen LogP contribution in [0.25, 0.3) is 0 Å². The molecule has 1 aromatic rings. The van der Waals surface area contributed by atoms with Crippen LogP contribution < -0.4 is 10.5 Å². The monoisotopic (exact) mass is 288 g/mol. The molecule has 0 atom stereocenters. The second-order valence-electron chi connectivity index (χ2n) is 4.43. The summed E-state index contributed by atoms with van der Waals surface area (Å²) in [5.74, 6) is -0.752. The van der Waals surface area contributed by atoms with Crippen molar-refractivity contribution in [1.29, 1.82) is 0 Å². The fourth-order valence-electron chi connectivity index (χ4n) is 1.72. The third-order valence-electron chi connectivity index (χ3n) is 2.84. The summed E-state index contributed by atoms with van der Waals surface area (Å²) in [4.78, 5) is -0.328. The molecule has 0 saturated carbocycles. The lowest BCUT2D eigenvalue weighted by atomic mass is 10.2. The van der Waals surface area contributed by atoms with E-state index in [9.17, 15) is 12.8 Å². The minimum atomic E-state index is -3.79. The van der Waals surface area contributed by atoms with Gasteiger partial charge in [0.05, 0.1) is 0 Å². The average molecular weight is 288 g/mol. The molecule has 0 aromatic heterocycles. The van der Waals surface area contributed by atoms with Crippen LogP contribution >= 0.6 is 0 Å². The Kier molecular flexibility index (Phi) is 6.41. The van der Waals surface area contributed by atoms with E-state index >= 15 is 0 Å². The van der Waals surface area contributed by atoms with E-state index in [0.717, 1.165) is 31.7 Å². The highest BCUT2D eigenvalue weighted by Crippen LogP contribution is 2.16. The molecular formula is C13H21FN2O2S. The van der Waals surface area contributed by atoms with Gasteiger partial charge in [0.2, 0.25) is 10.0 Å². The van der Waals surface area contributed by atoms with Crippen LogP contribution in [0.3, 0.4) is 0 Å². The first kappa shape index (κ1) is 16.1. The van der Waals surface area contributed by atoms with Gasteiger partial charge in [-0.1, -0.05) is 32.3 Å². The Morgan fingerprint density at radius 2 is 2.00 bits per heavy atom. The molecule has 0 aliphatic rings. The Bertz CT molecular complexity index is 503. The first-order valence-corrected chi connectivity index (χ1v) is 7.97. The molecule has 0 unspecified atom stereocenters. The maximum atomic E-state index is 13.6. The van der Waals surface area contributed by atoms with Crippen molar-refractivity contribution in [3.63, 3.8) is 0 Å². The van der Waals surface area contributed by atoms with Crippen molar-refractivity contribution < 1.29 is 12.8 Å². The molecule has 108 valence electrons. The summed E-state index contributed by atoms with van der Waals surface area (Å²) in [6, 6.07) is 3.90.